The molecular formula is C17H19NO. The van der Waals surface area contributed by atoms with Crippen molar-refractivity contribution in [3.8, 4) is 5.75 Å². The molecule has 0 heterocycles. The molecule has 2 rings (SSSR count). The summed E-state index contributed by atoms with van der Waals surface area (Å²) in [5.74, 6) is 0.269. The number of aromatic hydroxyl groups is 1. The Balaban J connectivity index is 2.29. The third-order valence-electron chi connectivity index (χ3n) is 3.20. The smallest absolute Gasteiger partial charge is 0.138 e. The Labute approximate surface area is 114 Å². The Bertz CT molecular complexity index is 563. The lowest BCUT2D eigenvalue weighted by Crippen LogP contribution is -2.11. The highest BCUT2D eigenvalue weighted by molar-refractivity contribution is 5.56. The molecule has 2 aromatic carbocycles. The van der Waals surface area contributed by atoms with Crippen LogP contribution in [0.25, 0.3) is 0 Å². The van der Waals surface area contributed by atoms with Crippen molar-refractivity contribution in [3.63, 3.8) is 0 Å². The van der Waals surface area contributed by atoms with Crippen molar-refractivity contribution in [3.05, 3.63) is 72.3 Å². The first kappa shape index (κ1) is 13.2. The highest BCUT2D eigenvalue weighted by Crippen LogP contribution is 2.30. The van der Waals surface area contributed by atoms with Gasteiger partial charge in [-0.2, -0.15) is 0 Å². The molecule has 0 aromatic heterocycles. The largest absolute Gasteiger partial charge is 0.506 e. The molecular weight excluding hydrogens is 234 g/mol. The van der Waals surface area contributed by atoms with E-state index in [1.807, 2.05) is 36.4 Å². The van der Waals surface area contributed by atoms with Gasteiger partial charge in [0.15, 0.2) is 0 Å². The first-order valence-electron chi connectivity index (χ1n) is 6.43. The molecule has 2 nitrogen and oxygen atoms in total. The van der Waals surface area contributed by atoms with Crippen LogP contribution >= 0.6 is 0 Å². The predicted octanol–water partition coefficient (Wildman–Crippen LogP) is 4.43. The number of anilines is 1. The van der Waals surface area contributed by atoms with Crippen LogP contribution in [-0.2, 0) is 0 Å². The van der Waals surface area contributed by atoms with Gasteiger partial charge in [-0.1, -0.05) is 42.5 Å². The summed E-state index contributed by atoms with van der Waals surface area (Å²) in [6, 6.07) is 15.7. The van der Waals surface area contributed by atoms with E-state index in [1.165, 1.54) is 11.1 Å². The van der Waals surface area contributed by atoms with E-state index in [0.29, 0.717) is 0 Å². The van der Waals surface area contributed by atoms with Gasteiger partial charge in [0, 0.05) is 0 Å². The first-order valence-corrected chi connectivity index (χ1v) is 6.43. The fourth-order valence-corrected chi connectivity index (χ4v) is 2.19. The van der Waals surface area contributed by atoms with Crippen molar-refractivity contribution in [2.24, 2.45) is 0 Å². The normalized spacial score (nSPS) is 11.8. The van der Waals surface area contributed by atoms with E-state index in [4.69, 9.17) is 0 Å². The van der Waals surface area contributed by atoms with Crippen molar-refractivity contribution >= 4 is 5.69 Å². The van der Waals surface area contributed by atoms with Crippen LogP contribution < -0.4 is 5.32 Å². The minimum atomic E-state index is 0.118. The monoisotopic (exact) mass is 253 g/mol. The molecule has 0 fully saturated rings. The van der Waals surface area contributed by atoms with Crippen LogP contribution in [0.15, 0.2) is 61.2 Å². The summed E-state index contributed by atoms with van der Waals surface area (Å²) in [5, 5.41) is 13.2. The number of phenols is 1. The van der Waals surface area contributed by atoms with E-state index in [2.05, 4.69) is 31.0 Å². The summed E-state index contributed by atoms with van der Waals surface area (Å²) < 4.78 is 0. The van der Waals surface area contributed by atoms with Crippen LogP contribution in [0.2, 0.25) is 0 Å². The SMILES string of the molecule is C=CC[C@@H](Nc1ccccc1O)c1ccccc1C. The summed E-state index contributed by atoms with van der Waals surface area (Å²) in [7, 11) is 0. The molecule has 19 heavy (non-hydrogen) atoms. The molecule has 98 valence electrons. The van der Waals surface area contributed by atoms with Crippen LogP contribution in [0.3, 0.4) is 0 Å². The Morgan fingerprint density at radius 3 is 2.53 bits per heavy atom. The quantitative estimate of drug-likeness (QED) is 0.610. The van der Waals surface area contributed by atoms with Crippen molar-refractivity contribution in [2.45, 2.75) is 19.4 Å². The number of aryl methyl sites for hydroxylation is 1. The van der Waals surface area contributed by atoms with E-state index in [1.54, 1.807) is 6.07 Å². The number of rotatable bonds is 5. The van der Waals surface area contributed by atoms with Crippen molar-refractivity contribution < 1.29 is 5.11 Å². The minimum absolute atomic E-state index is 0.118. The zero-order valence-corrected chi connectivity index (χ0v) is 11.1. The minimum Gasteiger partial charge on any atom is -0.506 e. The van der Waals surface area contributed by atoms with E-state index in [-0.39, 0.29) is 11.8 Å². The zero-order chi connectivity index (χ0) is 13.7. The molecule has 0 saturated carbocycles. The molecule has 2 N–H and O–H groups in total. The molecule has 0 unspecified atom stereocenters. The number of phenolic OH excluding ortho intramolecular Hbond substituents is 1. The number of hydrogen-bond donors (Lipinski definition) is 2. The maximum atomic E-state index is 9.86. The highest BCUT2D eigenvalue weighted by Gasteiger charge is 2.13. The van der Waals surface area contributed by atoms with Gasteiger partial charge in [-0.25, -0.2) is 0 Å². The standard InChI is InChI=1S/C17H19NO/c1-3-8-15(14-10-5-4-9-13(14)2)18-16-11-6-7-12-17(16)19/h3-7,9-12,15,18-19H,1,8H2,2H3/t15-/m1/s1. The number of nitrogens with one attached hydrogen (secondary N) is 1. The molecule has 0 aliphatic heterocycles. The Kier molecular flexibility index (Phi) is 4.24. The summed E-state index contributed by atoms with van der Waals surface area (Å²) in [6.45, 7) is 5.91. The molecule has 2 aromatic rings. The first-order chi connectivity index (χ1) is 9.22. The van der Waals surface area contributed by atoms with Crippen LogP contribution in [0.5, 0.6) is 5.75 Å². The van der Waals surface area contributed by atoms with Crippen LogP contribution in [-0.4, -0.2) is 5.11 Å². The van der Waals surface area contributed by atoms with Gasteiger partial charge in [0.05, 0.1) is 11.7 Å². The van der Waals surface area contributed by atoms with Crippen LogP contribution in [0.4, 0.5) is 5.69 Å². The second kappa shape index (κ2) is 6.10. The summed E-state index contributed by atoms with van der Waals surface area (Å²) in [4.78, 5) is 0. The fraction of sp³-hybridized carbons (Fsp3) is 0.176. The van der Waals surface area contributed by atoms with Crippen molar-refractivity contribution in [1.82, 2.24) is 0 Å². The average Bonchev–Trinajstić information content (AvgIpc) is 2.41. The summed E-state index contributed by atoms with van der Waals surface area (Å²) >= 11 is 0. The van der Waals surface area contributed by atoms with Gasteiger partial charge in [-0.15, -0.1) is 6.58 Å². The van der Waals surface area contributed by atoms with Gasteiger partial charge in [0.1, 0.15) is 5.75 Å². The fourth-order valence-electron chi connectivity index (χ4n) is 2.19. The highest BCUT2D eigenvalue weighted by atomic mass is 16.3. The molecule has 0 spiro atoms. The lowest BCUT2D eigenvalue weighted by atomic mass is 9.98. The van der Waals surface area contributed by atoms with Gasteiger partial charge in [0.25, 0.3) is 0 Å². The summed E-state index contributed by atoms with van der Waals surface area (Å²) in [5.41, 5.74) is 3.21. The second-order valence-corrected chi connectivity index (χ2v) is 4.60. The molecule has 0 amide bonds. The lowest BCUT2D eigenvalue weighted by Gasteiger charge is -2.21. The van der Waals surface area contributed by atoms with Crippen LogP contribution in [0.1, 0.15) is 23.6 Å². The molecule has 0 aliphatic rings. The number of hydrogen-bond acceptors (Lipinski definition) is 2. The van der Waals surface area contributed by atoms with Gasteiger partial charge in [0.2, 0.25) is 0 Å². The topological polar surface area (TPSA) is 32.3 Å². The van der Waals surface area contributed by atoms with Crippen molar-refractivity contribution in [1.29, 1.82) is 0 Å². The van der Waals surface area contributed by atoms with Gasteiger partial charge in [-0.3, -0.25) is 0 Å². The Morgan fingerprint density at radius 2 is 1.84 bits per heavy atom. The van der Waals surface area contributed by atoms with E-state index < -0.39 is 0 Å². The predicted molar refractivity (Wildman–Crippen MR) is 80.5 cm³/mol. The number of benzene rings is 2. The third kappa shape index (κ3) is 3.16. The lowest BCUT2D eigenvalue weighted by molar-refractivity contribution is 0.476. The van der Waals surface area contributed by atoms with Gasteiger partial charge in [-0.05, 0) is 36.6 Å². The van der Waals surface area contributed by atoms with E-state index in [9.17, 15) is 5.11 Å². The van der Waals surface area contributed by atoms with Crippen molar-refractivity contribution in [2.75, 3.05) is 5.32 Å². The molecule has 0 bridgehead atoms. The maximum Gasteiger partial charge on any atom is 0.138 e. The molecule has 0 saturated heterocycles. The summed E-state index contributed by atoms with van der Waals surface area (Å²) in [6.07, 6.45) is 2.70. The van der Waals surface area contributed by atoms with Gasteiger partial charge >= 0.3 is 0 Å². The second-order valence-electron chi connectivity index (χ2n) is 4.60. The van der Waals surface area contributed by atoms with E-state index in [0.717, 1.165) is 12.1 Å². The van der Waals surface area contributed by atoms with E-state index >= 15 is 0 Å². The maximum absolute atomic E-state index is 9.86. The Morgan fingerprint density at radius 1 is 1.16 bits per heavy atom. The van der Waals surface area contributed by atoms with Gasteiger partial charge < -0.3 is 10.4 Å². The van der Waals surface area contributed by atoms with Crippen LogP contribution in [0, 0.1) is 6.92 Å². The number of para-hydroxylation sites is 2. The molecule has 0 radical (unpaired) electrons. The third-order valence-corrected chi connectivity index (χ3v) is 3.20. The zero-order valence-electron chi connectivity index (χ0n) is 11.1. The molecule has 1 atom stereocenters. The molecule has 0 aliphatic carbocycles. The molecule has 2 heteroatoms. The average molecular weight is 253 g/mol. The Hall–Kier alpha value is -2.22.